The number of anilines is 1. The van der Waals surface area contributed by atoms with Gasteiger partial charge in [-0.3, -0.25) is 4.79 Å². The van der Waals surface area contributed by atoms with Crippen LogP contribution in [0.25, 0.3) is 0 Å². The Bertz CT molecular complexity index is 644. The molecule has 20 heavy (non-hydrogen) atoms. The number of Topliss-reactive ketones (excluding diaryl/α,β-unsaturated/α-hetero) is 1. The molecule has 1 aliphatic heterocycles. The molecule has 0 spiro atoms. The highest BCUT2D eigenvalue weighted by Gasteiger charge is 2.26. The van der Waals surface area contributed by atoms with Gasteiger partial charge in [0.2, 0.25) is 0 Å². The summed E-state index contributed by atoms with van der Waals surface area (Å²) in [5.74, 6) is 0.144. The fraction of sp³-hybridized carbons (Fsp3) is 0.188. The average Bonchev–Trinajstić information content (AvgIpc) is 2.86. The summed E-state index contributed by atoms with van der Waals surface area (Å²) < 4.78 is 0. The number of hydrogen-bond donors (Lipinski definition) is 1. The number of rotatable bonds is 3. The van der Waals surface area contributed by atoms with Crippen molar-refractivity contribution < 1.29 is 4.79 Å². The molecule has 3 rings (SSSR count). The monoisotopic (exact) mass is 305 g/mol. The van der Waals surface area contributed by atoms with E-state index in [0.717, 1.165) is 17.7 Å². The standard InChI is InChI=1S/C16H13Cl2NO/c17-12-6-5-10(13(18)9-12)8-16(20)15-7-11-3-1-2-4-14(11)19-15/h1-6,9,15,19H,7-8H2. The van der Waals surface area contributed by atoms with Gasteiger partial charge in [-0.05, 0) is 29.3 Å². The number of fused-ring (bicyclic) bond motifs is 1. The third-order valence-electron chi connectivity index (χ3n) is 3.54. The van der Waals surface area contributed by atoms with Crippen LogP contribution in [-0.2, 0) is 17.6 Å². The number of halogens is 2. The van der Waals surface area contributed by atoms with Crippen molar-refractivity contribution in [1.29, 1.82) is 0 Å². The Hall–Kier alpha value is -1.51. The summed E-state index contributed by atoms with van der Waals surface area (Å²) in [5.41, 5.74) is 3.06. The van der Waals surface area contributed by atoms with E-state index in [4.69, 9.17) is 23.2 Å². The van der Waals surface area contributed by atoms with Crippen molar-refractivity contribution in [2.45, 2.75) is 18.9 Å². The summed E-state index contributed by atoms with van der Waals surface area (Å²) >= 11 is 12.0. The highest BCUT2D eigenvalue weighted by molar-refractivity contribution is 6.35. The fourth-order valence-electron chi connectivity index (χ4n) is 2.47. The lowest BCUT2D eigenvalue weighted by Crippen LogP contribution is -2.28. The Labute approximate surface area is 127 Å². The third-order valence-corrected chi connectivity index (χ3v) is 4.13. The van der Waals surface area contributed by atoms with Gasteiger partial charge >= 0.3 is 0 Å². The molecule has 2 aromatic rings. The van der Waals surface area contributed by atoms with Crippen molar-refractivity contribution in [3.63, 3.8) is 0 Å². The second kappa shape index (κ2) is 5.47. The van der Waals surface area contributed by atoms with Gasteiger partial charge in [-0.2, -0.15) is 0 Å². The first kappa shape index (κ1) is 13.5. The van der Waals surface area contributed by atoms with Gasteiger partial charge < -0.3 is 5.32 Å². The van der Waals surface area contributed by atoms with Gasteiger partial charge in [-0.25, -0.2) is 0 Å². The number of carbonyl (C=O) groups is 1. The van der Waals surface area contributed by atoms with Crippen molar-refractivity contribution in [1.82, 2.24) is 0 Å². The molecule has 0 amide bonds. The van der Waals surface area contributed by atoms with E-state index in [1.165, 1.54) is 5.56 Å². The van der Waals surface area contributed by atoms with Crippen LogP contribution in [0.2, 0.25) is 10.0 Å². The van der Waals surface area contributed by atoms with E-state index >= 15 is 0 Å². The van der Waals surface area contributed by atoms with Gasteiger partial charge in [0.15, 0.2) is 5.78 Å². The van der Waals surface area contributed by atoms with Gasteiger partial charge in [0, 0.05) is 28.6 Å². The van der Waals surface area contributed by atoms with Gasteiger partial charge in [-0.15, -0.1) is 0 Å². The van der Waals surface area contributed by atoms with Crippen molar-refractivity contribution in [2.75, 3.05) is 5.32 Å². The van der Waals surface area contributed by atoms with E-state index in [2.05, 4.69) is 5.32 Å². The summed E-state index contributed by atoms with van der Waals surface area (Å²) in [6.07, 6.45) is 1.06. The normalized spacial score (nSPS) is 16.6. The zero-order valence-corrected chi connectivity index (χ0v) is 12.2. The summed E-state index contributed by atoms with van der Waals surface area (Å²) in [7, 11) is 0. The molecule has 1 unspecified atom stereocenters. The minimum Gasteiger partial charge on any atom is -0.375 e. The molecule has 2 nitrogen and oxygen atoms in total. The van der Waals surface area contributed by atoms with Gasteiger partial charge in [-0.1, -0.05) is 47.5 Å². The predicted molar refractivity (Wildman–Crippen MR) is 82.7 cm³/mol. The van der Waals surface area contributed by atoms with E-state index in [-0.39, 0.29) is 11.8 Å². The molecule has 1 N–H and O–H groups in total. The number of benzene rings is 2. The Morgan fingerprint density at radius 2 is 2.00 bits per heavy atom. The first-order valence-electron chi connectivity index (χ1n) is 6.44. The molecule has 0 radical (unpaired) electrons. The van der Waals surface area contributed by atoms with Crippen molar-refractivity contribution in [2.24, 2.45) is 0 Å². The average molecular weight is 306 g/mol. The van der Waals surface area contributed by atoms with E-state index in [1.54, 1.807) is 12.1 Å². The van der Waals surface area contributed by atoms with E-state index in [9.17, 15) is 4.79 Å². The van der Waals surface area contributed by atoms with Crippen molar-refractivity contribution in [3.05, 3.63) is 63.6 Å². The lowest BCUT2D eigenvalue weighted by Gasteiger charge is -2.11. The quantitative estimate of drug-likeness (QED) is 0.923. The molecule has 102 valence electrons. The minimum atomic E-state index is -0.167. The largest absolute Gasteiger partial charge is 0.375 e. The molecule has 0 saturated carbocycles. The third kappa shape index (κ3) is 2.67. The number of ketones is 1. The van der Waals surface area contributed by atoms with Crippen LogP contribution in [0.15, 0.2) is 42.5 Å². The molecule has 2 aromatic carbocycles. The summed E-state index contributed by atoms with van der Waals surface area (Å²) in [6.45, 7) is 0. The second-order valence-corrected chi connectivity index (χ2v) is 5.78. The minimum absolute atomic E-state index is 0.144. The maximum atomic E-state index is 12.4. The molecular formula is C16H13Cl2NO. The van der Waals surface area contributed by atoms with Crippen LogP contribution in [0.5, 0.6) is 0 Å². The molecule has 0 aliphatic carbocycles. The maximum Gasteiger partial charge on any atom is 0.159 e. The first-order chi connectivity index (χ1) is 9.63. The molecule has 4 heteroatoms. The Morgan fingerprint density at radius 3 is 2.75 bits per heavy atom. The van der Waals surface area contributed by atoms with Crippen molar-refractivity contribution >= 4 is 34.7 Å². The number of hydrogen-bond acceptors (Lipinski definition) is 2. The van der Waals surface area contributed by atoms with Crippen LogP contribution in [0.3, 0.4) is 0 Å². The molecule has 1 aliphatic rings. The molecule has 0 bridgehead atoms. The molecular weight excluding hydrogens is 293 g/mol. The highest BCUT2D eigenvalue weighted by atomic mass is 35.5. The molecule has 1 heterocycles. The van der Waals surface area contributed by atoms with Crippen LogP contribution in [-0.4, -0.2) is 11.8 Å². The van der Waals surface area contributed by atoms with Crippen LogP contribution in [0.1, 0.15) is 11.1 Å². The Balaban J connectivity index is 1.72. The Morgan fingerprint density at radius 1 is 1.20 bits per heavy atom. The number of nitrogens with one attached hydrogen (secondary N) is 1. The fourth-order valence-corrected chi connectivity index (χ4v) is 2.94. The zero-order valence-electron chi connectivity index (χ0n) is 10.7. The Kier molecular flexibility index (Phi) is 3.68. The maximum absolute atomic E-state index is 12.4. The molecule has 0 fully saturated rings. The molecule has 1 atom stereocenters. The van der Waals surface area contributed by atoms with Crippen LogP contribution in [0.4, 0.5) is 5.69 Å². The van der Waals surface area contributed by atoms with Gasteiger partial charge in [0.1, 0.15) is 0 Å². The second-order valence-electron chi connectivity index (χ2n) is 4.94. The van der Waals surface area contributed by atoms with E-state index < -0.39 is 0 Å². The summed E-state index contributed by atoms with van der Waals surface area (Å²) in [6, 6.07) is 13.1. The van der Waals surface area contributed by atoms with E-state index in [1.807, 2.05) is 30.3 Å². The van der Waals surface area contributed by atoms with Crippen molar-refractivity contribution in [3.8, 4) is 0 Å². The SMILES string of the molecule is O=C(Cc1ccc(Cl)cc1Cl)C1Cc2ccccc2N1. The smallest absolute Gasteiger partial charge is 0.159 e. The van der Waals surface area contributed by atoms with Crippen LogP contribution in [0, 0.1) is 0 Å². The summed E-state index contributed by atoms with van der Waals surface area (Å²) in [4.78, 5) is 12.4. The van der Waals surface area contributed by atoms with Gasteiger partial charge in [0.25, 0.3) is 0 Å². The summed E-state index contributed by atoms with van der Waals surface area (Å²) in [5, 5.41) is 4.39. The molecule has 0 saturated heterocycles. The number of carbonyl (C=O) groups excluding carboxylic acids is 1. The zero-order chi connectivity index (χ0) is 14.1. The van der Waals surface area contributed by atoms with E-state index in [0.29, 0.717) is 16.5 Å². The van der Waals surface area contributed by atoms with Gasteiger partial charge in [0.05, 0.1) is 6.04 Å². The number of para-hydroxylation sites is 1. The lowest BCUT2D eigenvalue weighted by molar-refractivity contribution is -0.119. The van der Waals surface area contributed by atoms with Crippen LogP contribution < -0.4 is 5.32 Å². The van der Waals surface area contributed by atoms with Crippen LogP contribution >= 0.6 is 23.2 Å². The molecule has 0 aromatic heterocycles. The lowest BCUT2D eigenvalue weighted by atomic mass is 10.0. The highest BCUT2D eigenvalue weighted by Crippen LogP contribution is 2.27. The topological polar surface area (TPSA) is 29.1 Å². The first-order valence-corrected chi connectivity index (χ1v) is 7.20. The predicted octanol–water partition coefficient (Wildman–Crippen LogP) is 4.14.